The summed E-state index contributed by atoms with van der Waals surface area (Å²) in [5, 5.41) is 15.8. The molecule has 3 aromatic rings. The highest BCUT2D eigenvalue weighted by atomic mass is 16.3. The van der Waals surface area contributed by atoms with Gasteiger partial charge in [-0.05, 0) is 24.6 Å². The summed E-state index contributed by atoms with van der Waals surface area (Å²) in [6.07, 6.45) is 2.97. The molecule has 0 radical (unpaired) electrons. The van der Waals surface area contributed by atoms with Crippen LogP contribution < -0.4 is 0 Å². The van der Waals surface area contributed by atoms with Crippen LogP contribution in [-0.4, -0.2) is 19.9 Å². The molecular weight excluding hydrogens is 226 g/mol. The van der Waals surface area contributed by atoms with Crippen molar-refractivity contribution in [2.75, 3.05) is 0 Å². The average Bonchev–Trinajstić information content (AvgIpc) is 2.96. The number of rotatable bonds is 2. The number of hydrogen-bond donors (Lipinski definition) is 2. The van der Waals surface area contributed by atoms with Gasteiger partial charge in [0.1, 0.15) is 6.10 Å². The maximum absolute atomic E-state index is 10.5. The van der Waals surface area contributed by atoms with Crippen molar-refractivity contribution in [3.8, 4) is 0 Å². The largest absolute Gasteiger partial charge is 0.384 e. The second-order valence-electron chi connectivity index (χ2n) is 4.50. The number of aromatic amines is 1. The maximum Gasteiger partial charge on any atom is 0.108 e. The van der Waals surface area contributed by atoms with Gasteiger partial charge in [-0.1, -0.05) is 12.1 Å². The summed E-state index contributed by atoms with van der Waals surface area (Å²) in [4.78, 5) is 3.15. The molecule has 2 heterocycles. The summed E-state index contributed by atoms with van der Waals surface area (Å²) in [6, 6.07) is 7.89. The highest BCUT2D eigenvalue weighted by Crippen LogP contribution is 2.29. The van der Waals surface area contributed by atoms with Crippen molar-refractivity contribution in [2.45, 2.75) is 13.0 Å². The fraction of sp³-hybridized carbons (Fsp3) is 0.214. The van der Waals surface area contributed by atoms with Gasteiger partial charge in [-0.25, -0.2) is 0 Å². The van der Waals surface area contributed by atoms with Crippen LogP contribution in [-0.2, 0) is 7.05 Å². The Morgan fingerprint density at radius 2 is 2.11 bits per heavy atom. The fourth-order valence-electron chi connectivity index (χ4n) is 2.30. The van der Waals surface area contributed by atoms with Crippen LogP contribution in [0.5, 0.6) is 0 Å². The third kappa shape index (κ3) is 1.54. The predicted octanol–water partition coefficient (Wildman–Crippen LogP) is 2.29. The van der Waals surface area contributed by atoms with Gasteiger partial charge in [0.25, 0.3) is 0 Å². The van der Waals surface area contributed by atoms with Crippen LogP contribution in [0.4, 0.5) is 0 Å². The Labute approximate surface area is 105 Å². The number of aliphatic hydroxyl groups excluding tert-OH is 1. The minimum atomic E-state index is -0.641. The van der Waals surface area contributed by atoms with E-state index >= 15 is 0 Å². The van der Waals surface area contributed by atoms with Crippen molar-refractivity contribution >= 4 is 10.9 Å². The molecule has 4 heteroatoms. The molecule has 18 heavy (non-hydrogen) atoms. The van der Waals surface area contributed by atoms with Crippen LogP contribution >= 0.6 is 0 Å². The second kappa shape index (κ2) is 3.99. The molecule has 0 aliphatic rings. The Hall–Kier alpha value is -2.07. The highest BCUT2D eigenvalue weighted by Gasteiger charge is 2.18. The monoisotopic (exact) mass is 241 g/mol. The van der Waals surface area contributed by atoms with Gasteiger partial charge in [0.2, 0.25) is 0 Å². The van der Waals surface area contributed by atoms with Crippen molar-refractivity contribution in [1.29, 1.82) is 0 Å². The second-order valence-corrected chi connectivity index (χ2v) is 4.50. The van der Waals surface area contributed by atoms with Gasteiger partial charge in [0.15, 0.2) is 0 Å². The van der Waals surface area contributed by atoms with Gasteiger partial charge in [0, 0.05) is 35.4 Å². The summed E-state index contributed by atoms with van der Waals surface area (Å²) in [6.45, 7) is 1.96. The molecule has 0 bridgehead atoms. The van der Waals surface area contributed by atoms with Crippen LogP contribution in [0.1, 0.15) is 22.9 Å². The van der Waals surface area contributed by atoms with Gasteiger partial charge >= 0.3 is 0 Å². The lowest BCUT2D eigenvalue weighted by molar-refractivity contribution is 0.221. The number of aryl methyl sites for hydroxylation is 1. The van der Waals surface area contributed by atoms with E-state index in [1.807, 2.05) is 44.4 Å². The Morgan fingerprint density at radius 1 is 1.28 bits per heavy atom. The van der Waals surface area contributed by atoms with E-state index in [2.05, 4.69) is 10.1 Å². The molecule has 0 spiro atoms. The summed E-state index contributed by atoms with van der Waals surface area (Å²) in [5.74, 6) is 0. The molecule has 2 aromatic heterocycles. The van der Waals surface area contributed by atoms with E-state index in [4.69, 9.17) is 0 Å². The zero-order chi connectivity index (χ0) is 12.7. The van der Waals surface area contributed by atoms with Crippen molar-refractivity contribution in [1.82, 2.24) is 14.8 Å². The molecule has 3 rings (SSSR count). The van der Waals surface area contributed by atoms with E-state index in [0.29, 0.717) is 0 Å². The minimum absolute atomic E-state index is 0.641. The lowest BCUT2D eigenvalue weighted by Crippen LogP contribution is -2.02. The molecule has 4 nitrogen and oxygen atoms in total. The molecule has 1 unspecified atom stereocenters. The smallest absolute Gasteiger partial charge is 0.108 e. The van der Waals surface area contributed by atoms with Gasteiger partial charge in [-0.3, -0.25) is 4.68 Å². The third-order valence-electron chi connectivity index (χ3n) is 3.49. The first-order valence-electron chi connectivity index (χ1n) is 5.91. The lowest BCUT2D eigenvalue weighted by Gasteiger charge is -2.12. The number of aromatic nitrogens is 3. The van der Waals surface area contributed by atoms with E-state index in [0.717, 1.165) is 27.7 Å². The number of H-pyrrole nitrogens is 1. The van der Waals surface area contributed by atoms with Crippen LogP contribution in [0.25, 0.3) is 10.9 Å². The molecule has 0 aliphatic heterocycles. The lowest BCUT2D eigenvalue weighted by atomic mass is 9.99. The molecule has 1 aromatic carbocycles. The number of aliphatic hydroxyl groups is 1. The molecule has 0 saturated heterocycles. The Balaban J connectivity index is 2.14. The van der Waals surface area contributed by atoms with E-state index in [1.54, 1.807) is 10.9 Å². The van der Waals surface area contributed by atoms with Gasteiger partial charge in [0.05, 0.1) is 6.20 Å². The van der Waals surface area contributed by atoms with Gasteiger partial charge in [-0.2, -0.15) is 5.10 Å². The predicted molar refractivity (Wildman–Crippen MR) is 70.3 cm³/mol. The standard InChI is InChI=1S/C14H15N3O/c1-9-12(8-16-17(9)2)14(18)11-4-3-5-13-10(11)6-7-15-13/h3-8,14-15,18H,1-2H3. The third-order valence-corrected chi connectivity index (χ3v) is 3.49. The van der Waals surface area contributed by atoms with Crippen LogP contribution in [0.15, 0.2) is 36.7 Å². The first kappa shape index (κ1) is 11.0. The molecule has 2 N–H and O–H groups in total. The topological polar surface area (TPSA) is 53.8 Å². The summed E-state index contributed by atoms with van der Waals surface area (Å²) in [7, 11) is 1.88. The molecule has 92 valence electrons. The number of fused-ring (bicyclic) bond motifs is 1. The van der Waals surface area contributed by atoms with Crippen LogP contribution in [0, 0.1) is 6.92 Å². The normalized spacial score (nSPS) is 13.1. The van der Waals surface area contributed by atoms with Crippen molar-refractivity contribution < 1.29 is 5.11 Å². The van der Waals surface area contributed by atoms with Crippen molar-refractivity contribution in [3.05, 3.63) is 53.5 Å². The maximum atomic E-state index is 10.5. The molecule has 0 aliphatic carbocycles. The van der Waals surface area contributed by atoms with Gasteiger partial charge in [-0.15, -0.1) is 0 Å². The summed E-state index contributed by atoms with van der Waals surface area (Å²) in [5.41, 5.74) is 3.78. The van der Waals surface area contributed by atoms with Crippen molar-refractivity contribution in [3.63, 3.8) is 0 Å². The number of nitrogens with one attached hydrogen (secondary N) is 1. The Kier molecular flexibility index (Phi) is 2.45. The number of hydrogen-bond acceptors (Lipinski definition) is 2. The average molecular weight is 241 g/mol. The fourth-order valence-corrected chi connectivity index (χ4v) is 2.30. The molecule has 0 amide bonds. The summed E-state index contributed by atoms with van der Waals surface area (Å²) < 4.78 is 1.77. The molecule has 0 saturated carbocycles. The van der Waals surface area contributed by atoms with Crippen molar-refractivity contribution in [2.24, 2.45) is 7.05 Å². The first-order valence-corrected chi connectivity index (χ1v) is 5.91. The molecular formula is C14H15N3O. The zero-order valence-corrected chi connectivity index (χ0v) is 10.4. The van der Waals surface area contributed by atoms with E-state index in [1.165, 1.54) is 0 Å². The number of nitrogens with zero attached hydrogens (tertiary/aromatic N) is 2. The SMILES string of the molecule is Cc1c(C(O)c2cccc3[nH]ccc23)cnn1C. The first-order chi connectivity index (χ1) is 8.68. The van der Waals surface area contributed by atoms with Gasteiger partial charge < -0.3 is 10.1 Å². The quantitative estimate of drug-likeness (QED) is 0.723. The van der Waals surface area contributed by atoms with E-state index in [9.17, 15) is 5.11 Å². The van der Waals surface area contributed by atoms with E-state index < -0.39 is 6.10 Å². The molecule has 1 atom stereocenters. The number of benzene rings is 1. The Morgan fingerprint density at radius 3 is 2.83 bits per heavy atom. The van der Waals surface area contributed by atoms with E-state index in [-0.39, 0.29) is 0 Å². The summed E-state index contributed by atoms with van der Waals surface area (Å²) >= 11 is 0. The van der Waals surface area contributed by atoms with Crippen LogP contribution in [0.2, 0.25) is 0 Å². The Bertz CT molecular complexity index is 696. The zero-order valence-electron chi connectivity index (χ0n) is 10.4. The minimum Gasteiger partial charge on any atom is -0.384 e. The van der Waals surface area contributed by atoms with Crippen LogP contribution in [0.3, 0.4) is 0 Å². The molecule has 0 fully saturated rings. The highest BCUT2D eigenvalue weighted by molar-refractivity contribution is 5.83.